The van der Waals surface area contributed by atoms with Crippen molar-refractivity contribution in [2.45, 2.75) is 38.8 Å². The summed E-state index contributed by atoms with van der Waals surface area (Å²) in [5.74, 6) is 2.61. The van der Waals surface area contributed by atoms with Gasteiger partial charge in [0.15, 0.2) is 0 Å². The predicted molar refractivity (Wildman–Crippen MR) is 104 cm³/mol. The zero-order valence-corrected chi connectivity index (χ0v) is 16.0. The Balaban J connectivity index is 1.39. The van der Waals surface area contributed by atoms with Gasteiger partial charge in [-0.05, 0) is 25.8 Å². The normalized spacial score (nSPS) is 20.6. The predicted octanol–water partition coefficient (Wildman–Crippen LogP) is 2.50. The summed E-state index contributed by atoms with van der Waals surface area (Å²) >= 11 is 0. The van der Waals surface area contributed by atoms with E-state index >= 15 is 0 Å². The van der Waals surface area contributed by atoms with E-state index in [1.54, 1.807) is 0 Å². The number of amides is 1. The molecule has 0 saturated carbocycles. The summed E-state index contributed by atoms with van der Waals surface area (Å²) in [6.07, 6.45) is 6.05. The van der Waals surface area contributed by atoms with Gasteiger partial charge in [-0.15, -0.1) is 0 Å². The van der Waals surface area contributed by atoms with Gasteiger partial charge in [0.05, 0.1) is 6.54 Å². The van der Waals surface area contributed by atoms with Gasteiger partial charge in [-0.1, -0.05) is 18.2 Å². The zero-order chi connectivity index (χ0) is 18.6. The molecule has 6 nitrogen and oxygen atoms in total. The van der Waals surface area contributed by atoms with Crippen LogP contribution in [0.2, 0.25) is 0 Å². The minimum Gasteiger partial charge on any atom is -0.492 e. The number of para-hydroxylation sites is 1. The highest BCUT2D eigenvalue weighted by atomic mass is 16.5. The van der Waals surface area contributed by atoms with Crippen LogP contribution in [0.5, 0.6) is 5.75 Å². The Morgan fingerprint density at radius 2 is 2.19 bits per heavy atom. The van der Waals surface area contributed by atoms with Crippen LogP contribution in [0.15, 0.2) is 36.7 Å². The van der Waals surface area contributed by atoms with Crippen molar-refractivity contribution < 1.29 is 9.53 Å². The van der Waals surface area contributed by atoms with Gasteiger partial charge in [0, 0.05) is 56.6 Å². The molecule has 1 saturated heterocycles. The molecule has 0 radical (unpaired) electrons. The number of likely N-dealkylation sites (tertiary alicyclic amines) is 1. The van der Waals surface area contributed by atoms with Crippen LogP contribution >= 0.6 is 0 Å². The van der Waals surface area contributed by atoms with Crippen molar-refractivity contribution >= 4 is 5.91 Å². The van der Waals surface area contributed by atoms with E-state index in [0.717, 1.165) is 62.7 Å². The lowest BCUT2D eigenvalue weighted by atomic mass is 9.97. The van der Waals surface area contributed by atoms with Gasteiger partial charge in [0.1, 0.15) is 18.2 Å². The number of aryl methyl sites for hydroxylation is 1. The van der Waals surface area contributed by atoms with Crippen molar-refractivity contribution in [2.75, 3.05) is 32.8 Å². The lowest BCUT2D eigenvalue weighted by Crippen LogP contribution is -2.45. The monoisotopic (exact) mass is 368 g/mol. The third-order valence-corrected chi connectivity index (χ3v) is 5.62. The van der Waals surface area contributed by atoms with Crippen LogP contribution in [0, 0.1) is 0 Å². The molecule has 144 valence electrons. The summed E-state index contributed by atoms with van der Waals surface area (Å²) in [5, 5.41) is 0. The van der Waals surface area contributed by atoms with Crippen molar-refractivity contribution in [3.8, 4) is 5.75 Å². The molecule has 3 heterocycles. The molecule has 0 aliphatic carbocycles. The number of aromatic nitrogens is 2. The fourth-order valence-corrected chi connectivity index (χ4v) is 4.17. The van der Waals surface area contributed by atoms with E-state index in [2.05, 4.69) is 27.4 Å². The van der Waals surface area contributed by atoms with Crippen molar-refractivity contribution in [3.05, 3.63) is 48.0 Å². The average Bonchev–Trinajstić information content (AvgIpc) is 3.09. The van der Waals surface area contributed by atoms with E-state index in [9.17, 15) is 4.79 Å². The summed E-state index contributed by atoms with van der Waals surface area (Å²) in [6, 6.07) is 8.11. The second-order valence-corrected chi connectivity index (χ2v) is 7.42. The fraction of sp³-hybridized carbons (Fsp3) is 0.524. The smallest absolute Gasteiger partial charge is 0.236 e. The molecule has 1 unspecified atom stereocenters. The number of ether oxygens (including phenoxy) is 1. The number of carbonyl (C=O) groups is 1. The molecule has 27 heavy (non-hydrogen) atoms. The quantitative estimate of drug-likeness (QED) is 0.832. The van der Waals surface area contributed by atoms with Gasteiger partial charge < -0.3 is 14.2 Å². The maximum Gasteiger partial charge on any atom is 0.236 e. The molecule has 1 aromatic carbocycles. The molecule has 0 N–H and O–H groups in total. The maximum absolute atomic E-state index is 13.0. The SMILES string of the molecule is CCn1ccnc1C1CCCN(C(=O)CN2CCOc3ccccc3C2)C1. The Kier molecular flexibility index (Phi) is 5.43. The van der Waals surface area contributed by atoms with Crippen LogP contribution in [0.4, 0.5) is 0 Å². The Morgan fingerprint density at radius 3 is 3.07 bits per heavy atom. The number of nitrogens with zero attached hydrogens (tertiary/aromatic N) is 4. The van der Waals surface area contributed by atoms with Crippen molar-refractivity contribution in [2.24, 2.45) is 0 Å². The molecule has 2 aromatic rings. The molecule has 4 rings (SSSR count). The number of carbonyl (C=O) groups excluding carboxylic acids is 1. The average molecular weight is 368 g/mol. The van der Waals surface area contributed by atoms with Gasteiger partial charge in [-0.3, -0.25) is 9.69 Å². The Labute approximate surface area is 160 Å². The van der Waals surface area contributed by atoms with Gasteiger partial charge >= 0.3 is 0 Å². The van der Waals surface area contributed by atoms with Crippen molar-refractivity contribution in [1.29, 1.82) is 0 Å². The van der Waals surface area contributed by atoms with E-state index in [-0.39, 0.29) is 5.91 Å². The van der Waals surface area contributed by atoms with Crippen LogP contribution in [0.25, 0.3) is 0 Å². The van der Waals surface area contributed by atoms with Gasteiger partial charge in [0.25, 0.3) is 0 Å². The van der Waals surface area contributed by atoms with Gasteiger partial charge in [-0.2, -0.15) is 0 Å². The summed E-state index contributed by atoms with van der Waals surface area (Å²) in [4.78, 5) is 21.8. The van der Waals surface area contributed by atoms with Crippen LogP contribution < -0.4 is 4.74 Å². The number of hydrogen-bond acceptors (Lipinski definition) is 4. The van der Waals surface area contributed by atoms with Crippen molar-refractivity contribution in [1.82, 2.24) is 19.4 Å². The first kappa shape index (κ1) is 18.0. The van der Waals surface area contributed by atoms with Crippen LogP contribution in [-0.4, -0.2) is 58.0 Å². The molecule has 1 amide bonds. The molecule has 1 aromatic heterocycles. The second kappa shape index (κ2) is 8.13. The number of rotatable bonds is 4. The van der Waals surface area contributed by atoms with Crippen LogP contribution in [0.1, 0.15) is 37.1 Å². The van der Waals surface area contributed by atoms with Crippen molar-refractivity contribution in [3.63, 3.8) is 0 Å². The molecule has 0 spiro atoms. The molecule has 2 aliphatic rings. The maximum atomic E-state index is 13.0. The van der Waals surface area contributed by atoms with E-state index in [0.29, 0.717) is 19.1 Å². The first-order valence-corrected chi connectivity index (χ1v) is 9.96. The lowest BCUT2D eigenvalue weighted by Gasteiger charge is -2.34. The topological polar surface area (TPSA) is 50.6 Å². The third kappa shape index (κ3) is 4.00. The molecule has 1 atom stereocenters. The molecule has 1 fully saturated rings. The molecule has 6 heteroatoms. The van der Waals surface area contributed by atoms with E-state index in [1.165, 1.54) is 0 Å². The van der Waals surface area contributed by atoms with Gasteiger partial charge in [-0.25, -0.2) is 4.98 Å². The third-order valence-electron chi connectivity index (χ3n) is 5.62. The van der Waals surface area contributed by atoms with E-state index in [4.69, 9.17) is 4.74 Å². The van der Waals surface area contributed by atoms with E-state index < -0.39 is 0 Å². The van der Waals surface area contributed by atoms with Gasteiger partial charge in [0.2, 0.25) is 5.91 Å². The Bertz CT molecular complexity index is 788. The first-order chi connectivity index (χ1) is 13.2. The van der Waals surface area contributed by atoms with Crippen LogP contribution in [-0.2, 0) is 17.9 Å². The lowest BCUT2D eigenvalue weighted by molar-refractivity contribution is -0.133. The highest BCUT2D eigenvalue weighted by Crippen LogP contribution is 2.27. The fourth-order valence-electron chi connectivity index (χ4n) is 4.17. The van der Waals surface area contributed by atoms with Crippen LogP contribution in [0.3, 0.4) is 0 Å². The minimum absolute atomic E-state index is 0.216. The number of imidazole rings is 1. The second-order valence-electron chi connectivity index (χ2n) is 7.42. The Morgan fingerprint density at radius 1 is 1.30 bits per heavy atom. The van der Waals surface area contributed by atoms with E-state index in [1.807, 2.05) is 35.5 Å². The summed E-state index contributed by atoms with van der Waals surface area (Å²) in [7, 11) is 0. The number of fused-ring (bicyclic) bond motifs is 1. The highest BCUT2D eigenvalue weighted by molar-refractivity contribution is 5.78. The summed E-state index contributed by atoms with van der Waals surface area (Å²) in [5.41, 5.74) is 1.16. The molecule has 2 aliphatic heterocycles. The number of hydrogen-bond donors (Lipinski definition) is 0. The summed E-state index contributed by atoms with van der Waals surface area (Å²) in [6.45, 7) is 7.30. The molecular formula is C21H28N4O2. The first-order valence-electron chi connectivity index (χ1n) is 9.96. The number of benzene rings is 1. The molecular weight excluding hydrogens is 340 g/mol. The standard InChI is InChI=1S/C21H28N4O2/c1-2-24-11-9-22-21(24)18-7-5-10-25(15-18)20(26)16-23-12-13-27-19-8-4-3-6-17(19)14-23/h3-4,6,8-9,11,18H,2,5,7,10,12-16H2,1H3. The molecule has 0 bridgehead atoms. The Hall–Kier alpha value is -2.34. The highest BCUT2D eigenvalue weighted by Gasteiger charge is 2.28. The minimum atomic E-state index is 0.216. The largest absolute Gasteiger partial charge is 0.492 e. The zero-order valence-electron chi connectivity index (χ0n) is 16.0. The number of piperidine rings is 1. The summed E-state index contributed by atoms with van der Waals surface area (Å²) < 4.78 is 8.02.